The van der Waals surface area contributed by atoms with E-state index in [9.17, 15) is 4.79 Å². The molecule has 24 heavy (non-hydrogen) atoms. The van der Waals surface area contributed by atoms with Crippen molar-refractivity contribution < 1.29 is 4.79 Å². The van der Waals surface area contributed by atoms with Gasteiger partial charge in [0.05, 0.1) is 20.6 Å². The Labute approximate surface area is 160 Å². The van der Waals surface area contributed by atoms with E-state index >= 15 is 0 Å². The minimum Gasteiger partial charge on any atom is -0.268 e. The first-order chi connectivity index (χ1) is 11.5. The topological polar surface area (TPSA) is 20.3 Å². The number of benzene rings is 2. The van der Waals surface area contributed by atoms with Gasteiger partial charge in [-0.05, 0) is 41.8 Å². The van der Waals surface area contributed by atoms with Crippen LogP contribution in [0.5, 0.6) is 0 Å². The Bertz CT molecular complexity index is 847. The number of amides is 1. The third-order valence-electron chi connectivity index (χ3n) is 3.64. The van der Waals surface area contributed by atoms with Crippen LogP contribution < -0.4 is 4.90 Å². The van der Waals surface area contributed by atoms with Gasteiger partial charge in [0.25, 0.3) is 5.91 Å². The van der Waals surface area contributed by atoms with E-state index in [0.29, 0.717) is 25.0 Å². The van der Waals surface area contributed by atoms with E-state index in [2.05, 4.69) is 19.1 Å². The molecule has 1 aliphatic rings. The highest BCUT2D eigenvalue weighted by Crippen LogP contribution is 2.37. The van der Waals surface area contributed by atoms with E-state index in [1.807, 2.05) is 18.2 Å². The van der Waals surface area contributed by atoms with Crippen LogP contribution in [-0.2, 0) is 11.2 Å². The van der Waals surface area contributed by atoms with Gasteiger partial charge < -0.3 is 0 Å². The van der Waals surface area contributed by atoms with Crippen LogP contribution in [0.15, 0.2) is 47.4 Å². The van der Waals surface area contributed by atoms with Crippen LogP contribution in [0.4, 0.5) is 5.69 Å². The number of anilines is 1. The molecule has 0 spiro atoms. The van der Waals surface area contributed by atoms with E-state index in [1.54, 1.807) is 18.2 Å². The lowest BCUT2D eigenvalue weighted by molar-refractivity contribution is -0.113. The van der Waals surface area contributed by atoms with Crippen LogP contribution in [0.25, 0.3) is 6.08 Å². The summed E-state index contributed by atoms with van der Waals surface area (Å²) in [7, 11) is 0. The average Bonchev–Trinajstić information content (AvgIpc) is 2.85. The standard InChI is InChI=1S/C18H13Cl2NOS2/c1-2-11-3-5-12(6-4-11)9-16-17(22)21(18(23)24-16)13-7-8-14(19)15(20)10-13/h3-10H,2H2,1H3/b16-9-. The van der Waals surface area contributed by atoms with Crippen LogP contribution in [-0.4, -0.2) is 10.2 Å². The van der Waals surface area contributed by atoms with Crippen LogP contribution >= 0.6 is 47.2 Å². The lowest BCUT2D eigenvalue weighted by Crippen LogP contribution is -2.27. The Morgan fingerprint density at radius 1 is 1.12 bits per heavy atom. The third kappa shape index (κ3) is 3.52. The minimum atomic E-state index is -0.150. The molecule has 0 unspecified atom stereocenters. The second-order valence-corrected chi connectivity index (χ2v) is 7.70. The fourth-order valence-electron chi connectivity index (χ4n) is 2.32. The molecule has 1 saturated heterocycles. The molecule has 2 nitrogen and oxygen atoms in total. The highest BCUT2D eigenvalue weighted by Gasteiger charge is 2.33. The Hall–Kier alpha value is -1.33. The zero-order valence-electron chi connectivity index (χ0n) is 12.8. The maximum atomic E-state index is 12.7. The molecule has 1 fully saturated rings. The van der Waals surface area contributed by atoms with Gasteiger partial charge in [-0.15, -0.1) is 0 Å². The smallest absolute Gasteiger partial charge is 0.268 e. The number of halogens is 2. The zero-order valence-corrected chi connectivity index (χ0v) is 15.9. The number of thiocarbonyl (C=S) groups is 1. The molecule has 3 rings (SSSR count). The lowest BCUT2D eigenvalue weighted by atomic mass is 10.1. The highest BCUT2D eigenvalue weighted by atomic mass is 35.5. The van der Waals surface area contributed by atoms with Crippen molar-refractivity contribution in [1.82, 2.24) is 0 Å². The summed E-state index contributed by atoms with van der Waals surface area (Å²) in [5, 5.41) is 0.833. The molecule has 122 valence electrons. The number of carbonyl (C=O) groups excluding carboxylic acids is 1. The van der Waals surface area contributed by atoms with Gasteiger partial charge in [0.1, 0.15) is 0 Å². The van der Waals surface area contributed by atoms with Gasteiger partial charge in [0.15, 0.2) is 4.32 Å². The molecule has 0 aliphatic carbocycles. The monoisotopic (exact) mass is 393 g/mol. The van der Waals surface area contributed by atoms with Crippen molar-refractivity contribution in [3.05, 3.63) is 68.5 Å². The summed E-state index contributed by atoms with van der Waals surface area (Å²) >= 11 is 18.6. The Balaban J connectivity index is 1.90. The summed E-state index contributed by atoms with van der Waals surface area (Å²) in [5.74, 6) is -0.150. The van der Waals surface area contributed by atoms with Gasteiger partial charge in [0, 0.05) is 0 Å². The van der Waals surface area contributed by atoms with Crippen LogP contribution in [0.1, 0.15) is 18.1 Å². The van der Waals surface area contributed by atoms with Crippen LogP contribution in [0.2, 0.25) is 10.0 Å². The van der Waals surface area contributed by atoms with Gasteiger partial charge in [-0.1, -0.05) is 78.4 Å². The number of nitrogens with zero attached hydrogens (tertiary/aromatic N) is 1. The summed E-state index contributed by atoms with van der Waals surface area (Å²) in [5.41, 5.74) is 2.86. The molecule has 2 aromatic rings. The second kappa shape index (κ2) is 7.28. The molecule has 0 atom stereocenters. The fourth-order valence-corrected chi connectivity index (χ4v) is 3.91. The Morgan fingerprint density at radius 2 is 1.83 bits per heavy atom. The summed E-state index contributed by atoms with van der Waals surface area (Å²) in [4.78, 5) is 14.8. The second-order valence-electron chi connectivity index (χ2n) is 5.21. The fraction of sp³-hybridized carbons (Fsp3) is 0.111. The average molecular weight is 394 g/mol. The maximum Gasteiger partial charge on any atom is 0.270 e. The van der Waals surface area contributed by atoms with Crippen molar-refractivity contribution in [2.24, 2.45) is 0 Å². The molecule has 0 aromatic heterocycles. The number of carbonyl (C=O) groups is 1. The number of thioether (sulfide) groups is 1. The van der Waals surface area contributed by atoms with E-state index in [0.717, 1.165) is 12.0 Å². The first kappa shape index (κ1) is 17.5. The normalized spacial score (nSPS) is 16.3. The number of hydrogen-bond acceptors (Lipinski definition) is 3. The van der Waals surface area contributed by atoms with E-state index in [4.69, 9.17) is 35.4 Å². The number of aryl methyl sites for hydroxylation is 1. The van der Waals surface area contributed by atoms with Crippen molar-refractivity contribution in [2.75, 3.05) is 4.90 Å². The van der Waals surface area contributed by atoms with Gasteiger partial charge in [-0.2, -0.15) is 0 Å². The molecule has 0 saturated carbocycles. The molecule has 1 heterocycles. The van der Waals surface area contributed by atoms with E-state index in [1.165, 1.54) is 22.2 Å². The molecule has 2 aromatic carbocycles. The summed E-state index contributed by atoms with van der Waals surface area (Å²) in [6.45, 7) is 2.11. The highest BCUT2D eigenvalue weighted by molar-refractivity contribution is 8.27. The quantitative estimate of drug-likeness (QED) is 0.473. The summed E-state index contributed by atoms with van der Waals surface area (Å²) < 4.78 is 0.481. The Kier molecular flexibility index (Phi) is 5.30. The predicted molar refractivity (Wildman–Crippen MR) is 108 cm³/mol. The summed E-state index contributed by atoms with van der Waals surface area (Å²) in [6, 6.07) is 13.2. The maximum absolute atomic E-state index is 12.7. The van der Waals surface area contributed by atoms with Crippen LogP contribution in [0.3, 0.4) is 0 Å². The minimum absolute atomic E-state index is 0.150. The summed E-state index contributed by atoms with van der Waals surface area (Å²) in [6.07, 6.45) is 2.84. The molecule has 1 amide bonds. The van der Waals surface area contributed by atoms with Crippen molar-refractivity contribution in [3.63, 3.8) is 0 Å². The third-order valence-corrected chi connectivity index (χ3v) is 5.68. The van der Waals surface area contributed by atoms with E-state index < -0.39 is 0 Å². The van der Waals surface area contributed by atoms with Gasteiger partial charge in [-0.25, -0.2) is 0 Å². The van der Waals surface area contributed by atoms with Gasteiger partial charge >= 0.3 is 0 Å². The molecule has 0 bridgehead atoms. The SMILES string of the molecule is CCc1ccc(/C=C2\SC(=S)N(c3ccc(Cl)c(Cl)c3)C2=O)cc1. The lowest BCUT2D eigenvalue weighted by Gasteiger charge is -2.15. The van der Waals surface area contributed by atoms with Gasteiger partial charge in [-0.3, -0.25) is 9.69 Å². The number of hydrogen-bond donors (Lipinski definition) is 0. The first-order valence-electron chi connectivity index (χ1n) is 7.31. The van der Waals surface area contributed by atoms with E-state index in [-0.39, 0.29) is 5.91 Å². The van der Waals surface area contributed by atoms with Gasteiger partial charge in [0.2, 0.25) is 0 Å². The molecular weight excluding hydrogens is 381 g/mol. The van der Waals surface area contributed by atoms with Crippen molar-refractivity contribution in [2.45, 2.75) is 13.3 Å². The predicted octanol–water partition coefficient (Wildman–Crippen LogP) is 5.96. The van der Waals surface area contributed by atoms with Crippen LogP contribution in [0, 0.1) is 0 Å². The van der Waals surface area contributed by atoms with Crippen molar-refractivity contribution in [1.29, 1.82) is 0 Å². The molecular formula is C18H13Cl2NOS2. The first-order valence-corrected chi connectivity index (χ1v) is 9.29. The molecule has 6 heteroatoms. The zero-order chi connectivity index (χ0) is 17.3. The Morgan fingerprint density at radius 3 is 2.46 bits per heavy atom. The molecule has 0 N–H and O–H groups in total. The largest absolute Gasteiger partial charge is 0.270 e. The van der Waals surface area contributed by atoms with Crippen molar-refractivity contribution >= 4 is 69.2 Å². The molecule has 0 radical (unpaired) electrons. The number of rotatable bonds is 3. The van der Waals surface area contributed by atoms with Crippen molar-refractivity contribution in [3.8, 4) is 0 Å². The molecule has 1 aliphatic heterocycles.